The van der Waals surface area contributed by atoms with Crippen molar-refractivity contribution < 1.29 is 38.4 Å². The summed E-state index contributed by atoms with van der Waals surface area (Å²) in [6.07, 6.45) is 1.37. The lowest BCUT2D eigenvalue weighted by atomic mass is 9.82. The van der Waals surface area contributed by atoms with Gasteiger partial charge in [0.25, 0.3) is 23.6 Å². The van der Waals surface area contributed by atoms with E-state index in [2.05, 4.69) is 0 Å². The molecule has 4 amide bonds. The van der Waals surface area contributed by atoms with Gasteiger partial charge in [-0.05, 0) is 25.7 Å². The van der Waals surface area contributed by atoms with Crippen LogP contribution in [0.4, 0.5) is 0 Å². The van der Waals surface area contributed by atoms with Crippen LogP contribution in [0.5, 0.6) is 0 Å². The molecule has 0 atom stereocenters. The number of carbonyl (C=O) groups is 6. The number of carbonyl (C=O) groups excluding carboxylic acids is 6. The highest BCUT2D eigenvalue weighted by molar-refractivity contribution is 6.02. The van der Waals surface area contributed by atoms with Gasteiger partial charge in [0.2, 0.25) is 0 Å². The zero-order valence-corrected chi connectivity index (χ0v) is 14.0. The molecule has 1 saturated carbocycles. The first-order chi connectivity index (χ1) is 12.4. The summed E-state index contributed by atoms with van der Waals surface area (Å²) in [7, 11) is 0. The van der Waals surface area contributed by atoms with Crippen LogP contribution in [0.1, 0.15) is 51.4 Å². The summed E-state index contributed by atoms with van der Waals surface area (Å²) in [5.41, 5.74) is 0. The van der Waals surface area contributed by atoms with Crippen molar-refractivity contribution in [3.8, 4) is 0 Å². The SMILES string of the molecule is O=C(ON1C(=O)CCC1=O)C1CCC(C(=O)ON2C(=O)CCC2=O)CC1. The second-order valence-electron chi connectivity index (χ2n) is 6.53. The van der Waals surface area contributed by atoms with Crippen LogP contribution in [-0.2, 0) is 38.4 Å². The van der Waals surface area contributed by atoms with Gasteiger partial charge in [0.05, 0.1) is 11.8 Å². The van der Waals surface area contributed by atoms with Crippen molar-refractivity contribution in [2.75, 3.05) is 0 Å². The Morgan fingerprint density at radius 3 is 1.15 bits per heavy atom. The van der Waals surface area contributed by atoms with Crippen LogP contribution >= 0.6 is 0 Å². The number of rotatable bonds is 4. The van der Waals surface area contributed by atoms with E-state index in [1.807, 2.05) is 0 Å². The monoisotopic (exact) mass is 366 g/mol. The minimum absolute atomic E-state index is 0.0264. The second kappa shape index (κ2) is 7.22. The molecule has 2 saturated heterocycles. The average Bonchev–Trinajstić information content (AvgIpc) is 3.12. The molecule has 2 aliphatic heterocycles. The van der Waals surface area contributed by atoms with Crippen molar-refractivity contribution in [2.45, 2.75) is 51.4 Å². The molecule has 26 heavy (non-hydrogen) atoms. The first-order valence-electron chi connectivity index (χ1n) is 8.52. The Morgan fingerprint density at radius 1 is 0.615 bits per heavy atom. The highest BCUT2D eigenvalue weighted by atomic mass is 16.7. The van der Waals surface area contributed by atoms with Gasteiger partial charge in [0.15, 0.2) is 0 Å². The van der Waals surface area contributed by atoms with Crippen LogP contribution in [0.3, 0.4) is 0 Å². The lowest BCUT2D eigenvalue weighted by Gasteiger charge is -2.27. The standard InChI is InChI=1S/C16H18N2O8/c19-11-5-6-12(20)17(11)25-15(23)9-1-2-10(4-3-9)16(24)26-18-13(21)7-8-14(18)22/h9-10H,1-8H2. The Balaban J connectivity index is 1.47. The van der Waals surface area contributed by atoms with Gasteiger partial charge in [-0.2, -0.15) is 0 Å². The number of hydrogen-bond donors (Lipinski definition) is 0. The molecule has 0 aromatic carbocycles. The zero-order chi connectivity index (χ0) is 18.8. The molecule has 0 bridgehead atoms. The summed E-state index contributed by atoms with van der Waals surface area (Å²) in [4.78, 5) is 79.9. The maximum Gasteiger partial charge on any atom is 0.336 e. The van der Waals surface area contributed by atoms with Gasteiger partial charge in [0, 0.05) is 25.7 Å². The predicted octanol–water partition coefficient (Wildman–Crippen LogP) is 0.00720. The van der Waals surface area contributed by atoms with Crippen LogP contribution in [0.15, 0.2) is 0 Å². The summed E-state index contributed by atoms with van der Waals surface area (Å²) in [6.45, 7) is 0. The highest BCUT2D eigenvalue weighted by Gasteiger charge is 2.39. The van der Waals surface area contributed by atoms with Gasteiger partial charge in [-0.15, -0.1) is 10.1 Å². The molecular formula is C16H18N2O8. The fourth-order valence-corrected chi connectivity index (χ4v) is 3.21. The molecule has 0 spiro atoms. The minimum Gasteiger partial charge on any atom is -0.330 e. The Hall–Kier alpha value is -2.78. The Morgan fingerprint density at radius 2 is 0.885 bits per heavy atom. The Labute approximate surface area is 148 Å². The molecule has 140 valence electrons. The Bertz CT molecular complexity index is 590. The van der Waals surface area contributed by atoms with Crippen molar-refractivity contribution in [1.29, 1.82) is 0 Å². The summed E-state index contributed by atoms with van der Waals surface area (Å²) in [6, 6.07) is 0. The molecule has 2 heterocycles. The molecule has 0 unspecified atom stereocenters. The van der Waals surface area contributed by atoms with E-state index in [4.69, 9.17) is 9.68 Å². The quantitative estimate of drug-likeness (QED) is 0.637. The van der Waals surface area contributed by atoms with Crippen LogP contribution in [0, 0.1) is 11.8 Å². The molecule has 10 nitrogen and oxygen atoms in total. The summed E-state index contributed by atoms with van der Waals surface area (Å²) >= 11 is 0. The van der Waals surface area contributed by atoms with Crippen LogP contribution < -0.4 is 0 Å². The van der Waals surface area contributed by atoms with Crippen molar-refractivity contribution in [3.05, 3.63) is 0 Å². The molecule has 1 aliphatic carbocycles. The third kappa shape index (κ3) is 3.58. The molecule has 3 aliphatic rings. The maximum absolute atomic E-state index is 12.1. The van der Waals surface area contributed by atoms with E-state index in [9.17, 15) is 28.8 Å². The lowest BCUT2D eigenvalue weighted by Crippen LogP contribution is -2.38. The van der Waals surface area contributed by atoms with Gasteiger partial charge < -0.3 is 9.68 Å². The first-order valence-corrected chi connectivity index (χ1v) is 8.52. The second-order valence-corrected chi connectivity index (χ2v) is 6.53. The summed E-state index contributed by atoms with van der Waals surface area (Å²) in [5, 5.41) is 1.01. The van der Waals surface area contributed by atoms with Gasteiger partial charge >= 0.3 is 11.9 Å². The fraction of sp³-hybridized carbons (Fsp3) is 0.625. The van der Waals surface area contributed by atoms with E-state index in [1.165, 1.54) is 0 Å². The van der Waals surface area contributed by atoms with Crippen LogP contribution in [-0.4, -0.2) is 45.7 Å². The number of nitrogens with zero attached hydrogens (tertiary/aromatic N) is 2. The van der Waals surface area contributed by atoms with Crippen LogP contribution in [0.2, 0.25) is 0 Å². The van der Waals surface area contributed by atoms with Crippen molar-refractivity contribution >= 4 is 35.6 Å². The molecule has 0 N–H and O–H groups in total. The first kappa shape index (κ1) is 18.0. The minimum atomic E-state index is -0.676. The van der Waals surface area contributed by atoms with E-state index in [0.29, 0.717) is 35.8 Å². The van der Waals surface area contributed by atoms with Gasteiger partial charge in [0.1, 0.15) is 0 Å². The largest absolute Gasteiger partial charge is 0.336 e. The average molecular weight is 366 g/mol. The Kier molecular flexibility index (Phi) is 5.01. The molecule has 3 rings (SSSR count). The van der Waals surface area contributed by atoms with E-state index in [1.54, 1.807) is 0 Å². The van der Waals surface area contributed by atoms with Crippen molar-refractivity contribution in [3.63, 3.8) is 0 Å². The van der Waals surface area contributed by atoms with Gasteiger partial charge in [-0.25, -0.2) is 9.59 Å². The van der Waals surface area contributed by atoms with Gasteiger partial charge in [-0.1, -0.05) is 0 Å². The normalized spacial score (nSPS) is 26.5. The molecule has 3 fully saturated rings. The molecule has 0 aromatic heterocycles. The topological polar surface area (TPSA) is 127 Å². The fourth-order valence-electron chi connectivity index (χ4n) is 3.21. The smallest absolute Gasteiger partial charge is 0.330 e. The third-order valence-electron chi connectivity index (χ3n) is 4.77. The van der Waals surface area contributed by atoms with Crippen molar-refractivity contribution in [2.24, 2.45) is 11.8 Å². The number of imide groups is 2. The summed E-state index contributed by atoms with van der Waals surface area (Å²) < 4.78 is 0. The van der Waals surface area contributed by atoms with E-state index in [0.717, 1.165) is 0 Å². The van der Waals surface area contributed by atoms with Crippen molar-refractivity contribution in [1.82, 2.24) is 10.1 Å². The number of hydrogen-bond acceptors (Lipinski definition) is 8. The molecule has 10 heteroatoms. The van der Waals surface area contributed by atoms with E-state index in [-0.39, 0.29) is 25.7 Å². The van der Waals surface area contributed by atoms with Gasteiger partial charge in [-0.3, -0.25) is 19.2 Å². The highest BCUT2D eigenvalue weighted by Crippen LogP contribution is 2.31. The van der Waals surface area contributed by atoms with E-state index < -0.39 is 47.4 Å². The number of hydroxylamine groups is 4. The predicted molar refractivity (Wildman–Crippen MR) is 79.8 cm³/mol. The maximum atomic E-state index is 12.1. The molecule has 0 aromatic rings. The number of amides is 4. The zero-order valence-electron chi connectivity index (χ0n) is 14.0. The third-order valence-corrected chi connectivity index (χ3v) is 4.77. The molecular weight excluding hydrogens is 348 g/mol. The molecule has 0 radical (unpaired) electrons. The summed E-state index contributed by atoms with van der Waals surface area (Å²) in [5.74, 6) is -4.58. The lowest BCUT2D eigenvalue weighted by molar-refractivity contribution is -0.204. The van der Waals surface area contributed by atoms with Crippen LogP contribution in [0.25, 0.3) is 0 Å². The van der Waals surface area contributed by atoms with E-state index >= 15 is 0 Å².